The number of aromatic nitrogens is 1. The van der Waals surface area contributed by atoms with Gasteiger partial charge in [-0.2, -0.15) is 0 Å². The number of halogens is 3. The summed E-state index contributed by atoms with van der Waals surface area (Å²) in [6.45, 7) is 5.31. The number of esters is 1. The molecule has 3 rings (SSSR count). The molecule has 1 unspecified atom stereocenters. The van der Waals surface area contributed by atoms with Gasteiger partial charge >= 0.3 is 5.97 Å². The van der Waals surface area contributed by atoms with E-state index in [4.69, 9.17) is 4.74 Å². The summed E-state index contributed by atoms with van der Waals surface area (Å²) in [5.41, 5.74) is -0.910. The molecule has 4 nitrogen and oxygen atoms in total. The summed E-state index contributed by atoms with van der Waals surface area (Å²) in [5, 5.41) is -0.452. The zero-order chi connectivity index (χ0) is 21.1. The Kier molecular flexibility index (Phi) is 5.87. The Balaban J connectivity index is 2.32. The minimum absolute atomic E-state index is 0.0113. The van der Waals surface area contributed by atoms with Crippen molar-refractivity contribution in [2.45, 2.75) is 19.4 Å². The largest absolute Gasteiger partial charge is 0.462 e. The molecule has 0 saturated heterocycles. The number of nitrogens with zero attached hydrogens (tertiary/aromatic N) is 1. The molecule has 2 aromatic carbocycles. The fourth-order valence-electron chi connectivity index (χ4n) is 3.18. The number of ether oxygens (including phenoxy) is 1. The third-order valence-corrected chi connectivity index (χ3v) is 4.56. The molecule has 1 aromatic heterocycles. The fourth-order valence-corrected chi connectivity index (χ4v) is 3.18. The Morgan fingerprint density at radius 2 is 1.90 bits per heavy atom. The second-order valence-electron chi connectivity index (χ2n) is 6.37. The van der Waals surface area contributed by atoms with Gasteiger partial charge in [0.25, 0.3) is 0 Å². The van der Waals surface area contributed by atoms with Gasteiger partial charge in [-0.1, -0.05) is 36.4 Å². The molecule has 0 radical (unpaired) electrons. The van der Waals surface area contributed by atoms with E-state index in [0.717, 1.165) is 11.8 Å². The average molecular weight is 401 g/mol. The highest BCUT2D eigenvalue weighted by molar-refractivity contribution is 5.94. The molecule has 0 fully saturated rings. The van der Waals surface area contributed by atoms with Gasteiger partial charge in [0, 0.05) is 6.20 Å². The molecule has 0 aliphatic carbocycles. The van der Waals surface area contributed by atoms with E-state index in [0.29, 0.717) is 12.5 Å². The number of pyridine rings is 1. The number of hydrogen-bond acceptors (Lipinski definition) is 3. The van der Waals surface area contributed by atoms with Gasteiger partial charge in [-0.25, -0.2) is 18.0 Å². The number of carbonyl (C=O) groups excluding carboxylic acids is 1. The van der Waals surface area contributed by atoms with Crippen LogP contribution >= 0.6 is 0 Å². The molecular formula is C22H18F3NO3. The van der Waals surface area contributed by atoms with E-state index in [1.807, 2.05) is 30.3 Å². The predicted octanol–water partition coefficient (Wildman–Crippen LogP) is 4.57. The highest BCUT2D eigenvalue weighted by Crippen LogP contribution is 2.27. The number of hydrogen-bond donors (Lipinski definition) is 0. The molecule has 0 saturated carbocycles. The Hall–Kier alpha value is -3.35. The third kappa shape index (κ3) is 3.81. The zero-order valence-electron chi connectivity index (χ0n) is 15.6. The second kappa shape index (κ2) is 8.34. The van der Waals surface area contributed by atoms with Crippen LogP contribution in [0.5, 0.6) is 0 Å². The van der Waals surface area contributed by atoms with Gasteiger partial charge in [0.15, 0.2) is 17.5 Å². The maximum Gasteiger partial charge on any atom is 0.343 e. The van der Waals surface area contributed by atoms with Crippen molar-refractivity contribution in [2.24, 2.45) is 0 Å². The van der Waals surface area contributed by atoms with Gasteiger partial charge in [0.05, 0.1) is 23.6 Å². The van der Waals surface area contributed by atoms with E-state index < -0.39 is 51.4 Å². The molecule has 0 spiro atoms. The maximum absolute atomic E-state index is 14.7. The van der Waals surface area contributed by atoms with Crippen molar-refractivity contribution in [3.63, 3.8) is 0 Å². The molecule has 29 heavy (non-hydrogen) atoms. The van der Waals surface area contributed by atoms with Crippen LogP contribution in [0.2, 0.25) is 0 Å². The van der Waals surface area contributed by atoms with Gasteiger partial charge in [0.1, 0.15) is 5.56 Å². The van der Waals surface area contributed by atoms with Gasteiger partial charge in [-0.05, 0) is 25.0 Å². The Morgan fingerprint density at radius 1 is 1.21 bits per heavy atom. The van der Waals surface area contributed by atoms with Crippen molar-refractivity contribution >= 4 is 16.9 Å². The van der Waals surface area contributed by atoms with Crippen LogP contribution in [0.1, 0.15) is 28.9 Å². The van der Waals surface area contributed by atoms with E-state index in [2.05, 4.69) is 6.58 Å². The Labute approximate surface area is 164 Å². The van der Waals surface area contributed by atoms with Crippen LogP contribution in [0.3, 0.4) is 0 Å². The van der Waals surface area contributed by atoms with Crippen molar-refractivity contribution in [1.29, 1.82) is 0 Å². The number of benzene rings is 2. The fraction of sp³-hybridized carbons (Fsp3) is 0.182. The minimum Gasteiger partial charge on any atom is -0.462 e. The summed E-state index contributed by atoms with van der Waals surface area (Å²) in [6.07, 6.45) is 2.91. The topological polar surface area (TPSA) is 48.3 Å². The molecule has 0 aliphatic rings. The third-order valence-electron chi connectivity index (χ3n) is 4.56. The van der Waals surface area contributed by atoms with Crippen LogP contribution in [0, 0.1) is 17.5 Å². The summed E-state index contributed by atoms with van der Waals surface area (Å²) >= 11 is 0. The van der Waals surface area contributed by atoms with Crippen molar-refractivity contribution in [3.8, 4) is 0 Å². The standard InChI is InChI=1S/C22H18F3NO3/c1-3-14(10-13-8-6-5-7-9-13)26-12-16(22(28)29-4-2)21(27)15-11-17(23)18(24)19(25)20(15)26/h3,5-9,11-12,14H,1,4,10H2,2H3. The molecular weight excluding hydrogens is 383 g/mol. The summed E-state index contributed by atoms with van der Waals surface area (Å²) < 4.78 is 48.6. The van der Waals surface area contributed by atoms with Crippen molar-refractivity contribution in [1.82, 2.24) is 4.57 Å². The Morgan fingerprint density at radius 3 is 2.52 bits per heavy atom. The molecule has 1 heterocycles. The molecule has 7 heteroatoms. The van der Waals surface area contributed by atoms with Gasteiger partial charge in [0.2, 0.25) is 5.43 Å². The monoisotopic (exact) mass is 401 g/mol. The minimum atomic E-state index is -1.70. The van der Waals surface area contributed by atoms with Gasteiger partial charge < -0.3 is 9.30 Å². The average Bonchev–Trinajstić information content (AvgIpc) is 2.72. The molecule has 3 aromatic rings. The lowest BCUT2D eigenvalue weighted by Gasteiger charge is -2.21. The number of fused-ring (bicyclic) bond motifs is 1. The van der Waals surface area contributed by atoms with E-state index in [-0.39, 0.29) is 6.61 Å². The molecule has 0 bridgehead atoms. The van der Waals surface area contributed by atoms with E-state index in [9.17, 15) is 22.8 Å². The van der Waals surface area contributed by atoms with Crippen molar-refractivity contribution in [3.05, 3.63) is 94.1 Å². The summed E-state index contributed by atoms with van der Waals surface area (Å²) in [7, 11) is 0. The van der Waals surface area contributed by atoms with Gasteiger partial charge in [-0.3, -0.25) is 4.79 Å². The van der Waals surface area contributed by atoms with Crippen LogP contribution in [0.15, 0.2) is 60.0 Å². The first kappa shape index (κ1) is 20.4. The van der Waals surface area contributed by atoms with Crippen LogP contribution in [-0.4, -0.2) is 17.1 Å². The SMILES string of the molecule is C=CC(Cc1ccccc1)n1cc(C(=O)OCC)c(=O)c2cc(F)c(F)c(F)c21. The zero-order valence-corrected chi connectivity index (χ0v) is 15.6. The normalized spacial score (nSPS) is 12.0. The summed E-state index contributed by atoms with van der Waals surface area (Å²) in [5.74, 6) is -5.65. The molecule has 0 amide bonds. The molecule has 0 N–H and O–H groups in total. The van der Waals surface area contributed by atoms with Crippen LogP contribution in [-0.2, 0) is 11.2 Å². The van der Waals surface area contributed by atoms with Gasteiger partial charge in [-0.15, -0.1) is 6.58 Å². The predicted molar refractivity (Wildman–Crippen MR) is 103 cm³/mol. The van der Waals surface area contributed by atoms with Crippen LogP contribution in [0.4, 0.5) is 13.2 Å². The van der Waals surface area contributed by atoms with Crippen LogP contribution in [0.25, 0.3) is 10.9 Å². The first-order chi connectivity index (χ1) is 13.9. The number of carbonyl (C=O) groups is 1. The van der Waals surface area contributed by atoms with E-state index in [1.54, 1.807) is 6.92 Å². The first-order valence-electron chi connectivity index (χ1n) is 8.95. The first-order valence-corrected chi connectivity index (χ1v) is 8.95. The Bertz CT molecular complexity index is 1140. The smallest absolute Gasteiger partial charge is 0.343 e. The summed E-state index contributed by atoms with van der Waals surface area (Å²) in [4.78, 5) is 24.9. The van der Waals surface area contributed by atoms with E-state index >= 15 is 0 Å². The second-order valence-corrected chi connectivity index (χ2v) is 6.37. The van der Waals surface area contributed by atoms with E-state index in [1.165, 1.54) is 10.6 Å². The quantitative estimate of drug-likeness (QED) is 0.346. The lowest BCUT2D eigenvalue weighted by molar-refractivity contribution is 0.0524. The van der Waals surface area contributed by atoms with Crippen LogP contribution < -0.4 is 5.43 Å². The lowest BCUT2D eigenvalue weighted by Crippen LogP contribution is -2.24. The molecule has 150 valence electrons. The highest BCUT2D eigenvalue weighted by Gasteiger charge is 2.25. The van der Waals surface area contributed by atoms with Crippen molar-refractivity contribution < 1.29 is 22.7 Å². The molecule has 1 atom stereocenters. The number of rotatable bonds is 6. The maximum atomic E-state index is 14.7. The highest BCUT2D eigenvalue weighted by atomic mass is 19.2. The van der Waals surface area contributed by atoms with Crippen molar-refractivity contribution in [2.75, 3.05) is 6.61 Å². The summed E-state index contributed by atoms with van der Waals surface area (Å²) in [6, 6.07) is 9.09. The lowest BCUT2D eigenvalue weighted by atomic mass is 10.0. The molecule has 0 aliphatic heterocycles. The number of allylic oxidation sites excluding steroid dienone is 1.